The summed E-state index contributed by atoms with van der Waals surface area (Å²) in [6.07, 6.45) is 1.36. The fourth-order valence-electron chi connectivity index (χ4n) is 1.89. The lowest BCUT2D eigenvalue weighted by atomic mass is 10.1. The van der Waals surface area contributed by atoms with Crippen LogP contribution in [0.4, 0.5) is 10.2 Å². The average molecular weight is 276 g/mol. The van der Waals surface area contributed by atoms with Crippen LogP contribution in [0.3, 0.4) is 0 Å². The Labute approximate surface area is 117 Å². The number of hydrogen-bond acceptors (Lipinski definition) is 5. The van der Waals surface area contributed by atoms with Crippen molar-refractivity contribution >= 4 is 5.82 Å². The van der Waals surface area contributed by atoms with Crippen molar-refractivity contribution in [1.29, 1.82) is 0 Å². The Balaban J connectivity index is 2.24. The Morgan fingerprint density at radius 3 is 2.70 bits per heavy atom. The molecule has 20 heavy (non-hydrogen) atoms. The molecular weight excluding hydrogens is 259 g/mol. The Kier molecular flexibility index (Phi) is 4.47. The first kappa shape index (κ1) is 14.2. The molecule has 0 saturated carbocycles. The second kappa shape index (κ2) is 6.29. The minimum Gasteiger partial charge on any atom is -0.472 e. The highest BCUT2D eigenvalue weighted by molar-refractivity contribution is 5.49. The lowest BCUT2D eigenvalue weighted by molar-refractivity contribution is 0.283. The van der Waals surface area contributed by atoms with Gasteiger partial charge in [-0.2, -0.15) is 0 Å². The van der Waals surface area contributed by atoms with Gasteiger partial charge in [0, 0.05) is 5.56 Å². The molecule has 1 aromatic heterocycles. The molecule has 0 bridgehead atoms. The van der Waals surface area contributed by atoms with E-state index < -0.39 is 0 Å². The van der Waals surface area contributed by atoms with Gasteiger partial charge in [-0.1, -0.05) is 32.0 Å². The maximum atomic E-state index is 13.6. The normalized spacial score (nSPS) is 10.7. The summed E-state index contributed by atoms with van der Waals surface area (Å²) in [6.45, 7) is 4.07. The standard InChI is InChI=1S/C14H17FN4O/c1-9(2)12-13(19-16)17-8-18-14(12)20-7-10-5-3-4-6-11(10)15/h3-6,8-9H,7,16H2,1-2H3,(H,17,18,19). The SMILES string of the molecule is CC(C)c1c(NN)ncnc1OCc1ccccc1F. The van der Waals surface area contributed by atoms with Crippen molar-refractivity contribution in [3.05, 3.63) is 47.5 Å². The smallest absolute Gasteiger partial charge is 0.222 e. The van der Waals surface area contributed by atoms with E-state index >= 15 is 0 Å². The molecule has 1 heterocycles. The molecule has 6 heteroatoms. The van der Waals surface area contributed by atoms with E-state index in [1.807, 2.05) is 13.8 Å². The summed E-state index contributed by atoms with van der Waals surface area (Å²) in [4.78, 5) is 8.15. The zero-order valence-corrected chi connectivity index (χ0v) is 11.4. The third-order valence-electron chi connectivity index (χ3n) is 2.88. The summed E-state index contributed by atoms with van der Waals surface area (Å²) >= 11 is 0. The molecule has 2 aromatic rings. The third kappa shape index (κ3) is 3.03. The molecule has 0 spiro atoms. The minimum atomic E-state index is -0.301. The lowest BCUT2D eigenvalue weighted by Crippen LogP contribution is -2.14. The van der Waals surface area contributed by atoms with Crippen LogP contribution < -0.4 is 16.0 Å². The topological polar surface area (TPSA) is 73.1 Å². The number of nitrogens with zero attached hydrogens (tertiary/aromatic N) is 2. The first-order valence-electron chi connectivity index (χ1n) is 6.31. The molecule has 0 aliphatic rings. The molecule has 5 nitrogen and oxygen atoms in total. The van der Waals surface area contributed by atoms with E-state index in [0.29, 0.717) is 17.3 Å². The van der Waals surface area contributed by atoms with Gasteiger partial charge in [-0.05, 0) is 12.0 Å². The first-order valence-corrected chi connectivity index (χ1v) is 6.31. The number of nitrogens with two attached hydrogens (primary N) is 1. The van der Waals surface area contributed by atoms with Crippen LogP contribution in [0.5, 0.6) is 5.88 Å². The van der Waals surface area contributed by atoms with Crippen LogP contribution in [0.2, 0.25) is 0 Å². The van der Waals surface area contributed by atoms with Crippen LogP contribution >= 0.6 is 0 Å². The van der Waals surface area contributed by atoms with E-state index in [1.165, 1.54) is 12.4 Å². The number of halogens is 1. The Bertz CT molecular complexity index is 589. The summed E-state index contributed by atoms with van der Waals surface area (Å²) in [6, 6.07) is 6.47. The van der Waals surface area contributed by atoms with Crippen LogP contribution in [0.1, 0.15) is 30.9 Å². The molecule has 1 aromatic carbocycles. The maximum absolute atomic E-state index is 13.6. The van der Waals surface area contributed by atoms with Crippen LogP contribution in [-0.4, -0.2) is 9.97 Å². The third-order valence-corrected chi connectivity index (χ3v) is 2.88. The first-order chi connectivity index (χ1) is 9.63. The Hall–Kier alpha value is -2.21. The van der Waals surface area contributed by atoms with Gasteiger partial charge >= 0.3 is 0 Å². The van der Waals surface area contributed by atoms with Crippen LogP contribution in [0.15, 0.2) is 30.6 Å². The molecule has 0 saturated heterocycles. The van der Waals surface area contributed by atoms with E-state index in [4.69, 9.17) is 10.6 Å². The van der Waals surface area contributed by atoms with Crippen molar-refractivity contribution in [3.8, 4) is 5.88 Å². The van der Waals surface area contributed by atoms with Crippen molar-refractivity contribution < 1.29 is 9.13 Å². The number of ether oxygens (including phenoxy) is 1. The highest BCUT2D eigenvalue weighted by Gasteiger charge is 2.16. The predicted molar refractivity (Wildman–Crippen MR) is 74.7 cm³/mol. The van der Waals surface area contributed by atoms with E-state index in [1.54, 1.807) is 18.2 Å². The summed E-state index contributed by atoms with van der Waals surface area (Å²) in [5.41, 5.74) is 3.77. The number of benzene rings is 1. The monoisotopic (exact) mass is 276 g/mol. The van der Waals surface area contributed by atoms with Crippen molar-refractivity contribution in [1.82, 2.24) is 9.97 Å². The number of aromatic nitrogens is 2. The van der Waals surface area contributed by atoms with Gasteiger partial charge in [-0.15, -0.1) is 0 Å². The van der Waals surface area contributed by atoms with Gasteiger partial charge in [0.05, 0.1) is 5.56 Å². The summed E-state index contributed by atoms with van der Waals surface area (Å²) in [7, 11) is 0. The van der Waals surface area contributed by atoms with Crippen molar-refractivity contribution in [3.63, 3.8) is 0 Å². The number of anilines is 1. The second-order valence-corrected chi connectivity index (χ2v) is 4.62. The fraction of sp³-hybridized carbons (Fsp3) is 0.286. The van der Waals surface area contributed by atoms with Gasteiger partial charge < -0.3 is 10.2 Å². The van der Waals surface area contributed by atoms with Crippen LogP contribution in [0, 0.1) is 5.82 Å². The molecule has 2 rings (SSSR count). The number of rotatable bonds is 5. The van der Waals surface area contributed by atoms with Crippen molar-refractivity contribution in [2.24, 2.45) is 5.84 Å². The molecular formula is C14H17FN4O. The largest absolute Gasteiger partial charge is 0.472 e. The zero-order valence-electron chi connectivity index (χ0n) is 11.4. The van der Waals surface area contributed by atoms with Gasteiger partial charge in [-0.25, -0.2) is 20.2 Å². The van der Waals surface area contributed by atoms with Crippen molar-refractivity contribution in [2.45, 2.75) is 26.4 Å². The average Bonchev–Trinajstić information content (AvgIpc) is 2.45. The molecule has 106 valence electrons. The summed E-state index contributed by atoms with van der Waals surface area (Å²) in [5.74, 6) is 6.18. The van der Waals surface area contributed by atoms with E-state index in [2.05, 4.69) is 15.4 Å². The number of nitrogen functional groups attached to an aromatic ring is 1. The van der Waals surface area contributed by atoms with Gasteiger partial charge in [-0.3, -0.25) is 0 Å². The summed E-state index contributed by atoms with van der Waals surface area (Å²) < 4.78 is 19.2. The van der Waals surface area contributed by atoms with E-state index in [-0.39, 0.29) is 18.3 Å². The van der Waals surface area contributed by atoms with E-state index in [0.717, 1.165) is 5.56 Å². The van der Waals surface area contributed by atoms with Gasteiger partial charge in [0.25, 0.3) is 0 Å². The molecule has 0 radical (unpaired) electrons. The lowest BCUT2D eigenvalue weighted by Gasteiger charge is -2.15. The molecule has 0 atom stereocenters. The van der Waals surface area contributed by atoms with Gasteiger partial charge in [0.2, 0.25) is 5.88 Å². The second-order valence-electron chi connectivity index (χ2n) is 4.62. The molecule has 0 aliphatic heterocycles. The molecule has 0 fully saturated rings. The molecule has 0 amide bonds. The van der Waals surface area contributed by atoms with Crippen LogP contribution in [0.25, 0.3) is 0 Å². The van der Waals surface area contributed by atoms with Crippen molar-refractivity contribution in [2.75, 3.05) is 5.43 Å². The van der Waals surface area contributed by atoms with Crippen LogP contribution in [-0.2, 0) is 6.61 Å². The number of hydrazine groups is 1. The quantitative estimate of drug-likeness (QED) is 0.648. The molecule has 0 aliphatic carbocycles. The van der Waals surface area contributed by atoms with Gasteiger partial charge in [0.1, 0.15) is 18.8 Å². The maximum Gasteiger partial charge on any atom is 0.222 e. The Morgan fingerprint density at radius 2 is 2.05 bits per heavy atom. The number of hydrogen-bond donors (Lipinski definition) is 2. The number of nitrogens with one attached hydrogen (secondary N) is 1. The van der Waals surface area contributed by atoms with Gasteiger partial charge in [0.15, 0.2) is 5.82 Å². The van der Waals surface area contributed by atoms with E-state index in [9.17, 15) is 4.39 Å². The molecule has 0 unspecified atom stereocenters. The highest BCUT2D eigenvalue weighted by Crippen LogP contribution is 2.29. The Morgan fingerprint density at radius 1 is 1.30 bits per heavy atom. The summed E-state index contributed by atoms with van der Waals surface area (Å²) in [5, 5.41) is 0. The zero-order chi connectivity index (χ0) is 14.5. The fourth-order valence-corrected chi connectivity index (χ4v) is 1.89. The predicted octanol–water partition coefficient (Wildman–Crippen LogP) is 2.60. The highest BCUT2D eigenvalue weighted by atomic mass is 19.1. The molecule has 3 N–H and O–H groups in total. The minimum absolute atomic E-state index is 0.105.